The standard InChI is InChI=1S/C27H26N4O3S/c1-18(28-19(2)32)20-12-14-21(15-13-20)25(33)17-35-27-30-29-26(22-8-7-11-24(16-22)34-3)31(27)23-9-5-4-6-10-23/h4-16,18H,17H2,1-3H3,(H,28,32). The number of ketones is 1. The van der Waals surface area contributed by atoms with Crippen molar-refractivity contribution < 1.29 is 14.3 Å². The summed E-state index contributed by atoms with van der Waals surface area (Å²) in [5, 5.41) is 12.3. The van der Waals surface area contributed by atoms with E-state index in [0.717, 1.165) is 22.6 Å². The number of Topliss-reactive ketones (excluding diaryl/α,β-unsaturated/α-hetero) is 1. The largest absolute Gasteiger partial charge is 0.497 e. The number of nitrogens with zero attached hydrogens (tertiary/aromatic N) is 3. The number of amides is 1. The van der Waals surface area contributed by atoms with E-state index in [1.54, 1.807) is 19.2 Å². The Morgan fingerprint density at radius 2 is 1.74 bits per heavy atom. The molecular weight excluding hydrogens is 460 g/mol. The predicted octanol–water partition coefficient (Wildman–Crippen LogP) is 5.12. The third kappa shape index (κ3) is 5.78. The monoisotopic (exact) mass is 486 g/mol. The van der Waals surface area contributed by atoms with Gasteiger partial charge >= 0.3 is 0 Å². The third-order valence-electron chi connectivity index (χ3n) is 5.46. The Morgan fingerprint density at radius 1 is 1.00 bits per heavy atom. The van der Waals surface area contributed by atoms with Crippen LogP contribution in [0.25, 0.3) is 17.1 Å². The van der Waals surface area contributed by atoms with E-state index in [-0.39, 0.29) is 23.5 Å². The summed E-state index contributed by atoms with van der Waals surface area (Å²) in [5.41, 5.74) is 3.32. The number of carbonyl (C=O) groups excluding carboxylic acids is 2. The van der Waals surface area contributed by atoms with Gasteiger partial charge in [0.15, 0.2) is 16.8 Å². The highest BCUT2D eigenvalue weighted by Gasteiger charge is 2.18. The van der Waals surface area contributed by atoms with Gasteiger partial charge in [-0.15, -0.1) is 10.2 Å². The summed E-state index contributed by atoms with van der Waals surface area (Å²) in [6, 6.07) is 24.7. The molecule has 0 saturated carbocycles. The molecule has 0 aliphatic heterocycles. The molecule has 0 fully saturated rings. The lowest BCUT2D eigenvalue weighted by Gasteiger charge is -2.13. The normalized spacial score (nSPS) is 11.6. The van der Waals surface area contributed by atoms with Gasteiger partial charge < -0.3 is 10.1 Å². The summed E-state index contributed by atoms with van der Waals surface area (Å²) in [6.45, 7) is 3.39. The number of para-hydroxylation sites is 1. The van der Waals surface area contributed by atoms with Crippen LogP contribution in [0.3, 0.4) is 0 Å². The van der Waals surface area contributed by atoms with Gasteiger partial charge in [-0.1, -0.05) is 66.4 Å². The number of benzene rings is 3. The third-order valence-corrected chi connectivity index (χ3v) is 6.39. The highest BCUT2D eigenvalue weighted by Crippen LogP contribution is 2.30. The Hall–Kier alpha value is -3.91. The number of aromatic nitrogens is 3. The second-order valence-corrected chi connectivity index (χ2v) is 8.91. The van der Waals surface area contributed by atoms with E-state index < -0.39 is 0 Å². The second kappa shape index (κ2) is 11.0. The number of rotatable bonds is 9. The molecule has 0 aliphatic rings. The zero-order valence-electron chi connectivity index (χ0n) is 19.8. The molecule has 1 heterocycles. The number of methoxy groups -OCH3 is 1. The molecule has 0 spiro atoms. The van der Waals surface area contributed by atoms with Gasteiger partial charge in [-0.05, 0) is 36.8 Å². The molecule has 35 heavy (non-hydrogen) atoms. The van der Waals surface area contributed by atoms with Crippen LogP contribution < -0.4 is 10.1 Å². The van der Waals surface area contributed by atoms with E-state index in [0.29, 0.717) is 16.5 Å². The van der Waals surface area contributed by atoms with Crippen molar-refractivity contribution in [3.8, 4) is 22.8 Å². The fraction of sp³-hybridized carbons (Fsp3) is 0.185. The van der Waals surface area contributed by atoms with E-state index >= 15 is 0 Å². The number of thioether (sulfide) groups is 1. The highest BCUT2D eigenvalue weighted by atomic mass is 32.2. The second-order valence-electron chi connectivity index (χ2n) is 7.97. The molecule has 1 unspecified atom stereocenters. The molecule has 4 rings (SSSR count). The zero-order valence-corrected chi connectivity index (χ0v) is 20.6. The molecule has 1 N–H and O–H groups in total. The van der Waals surface area contributed by atoms with Crippen molar-refractivity contribution >= 4 is 23.5 Å². The van der Waals surface area contributed by atoms with E-state index in [9.17, 15) is 9.59 Å². The van der Waals surface area contributed by atoms with Gasteiger partial charge in [0.1, 0.15) is 5.75 Å². The molecule has 0 radical (unpaired) electrons. The first-order valence-electron chi connectivity index (χ1n) is 11.1. The molecule has 0 aliphatic carbocycles. The van der Waals surface area contributed by atoms with Gasteiger partial charge in [-0.2, -0.15) is 0 Å². The topological polar surface area (TPSA) is 86.1 Å². The number of hydrogen-bond acceptors (Lipinski definition) is 6. The van der Waals surface area contributed by atoms with Crippen LogP contribution >= 0.6 is 11.8 Å². The number of nitrogens with one attached hydrogen (secondary N) is 1. The molecular formula is C27H26N4O3S. The average molecular weight is 487 g/mol. The summed E-state index contributed by atoms with van der Waals surface area (Å²) >= 11 is 1.34. The number of hydrogen-bond donors (Lipinski definition) is 1. The summed E-state index contributed by atoms with van der Waals surface area (Å²) in [4.78, 5) is 24.2. The Kier molecular flexibility index (Phi) is 7.62. The molecule has 0 saturated heterocycles. The van der Waals surface area contributed by atoms with Gasteiger partial charge in [0.25, 0.3) is 0 Å². The molecule has 4 aromatic rings. The first kappa shape index (κ1) is 24.2. The maximum absolute atomic E-state index is 12.9. The lowest BCUT2D eigenvalue weighted by Crippen LogP contribution is -2.23. The van der Waals surface area contributed by atoms with Crippen LogP contribution in [0.1, 0.15) is 35.8 Å². The van der Waals surface area contributed by atoms with Crippen molar-refractivity contribution in [2.24, 2.45) is 0 Å². The average Bonchev–Trinajstić information content (AvgIpc) is 3.31. The van der Waals surface area contributed by atoms with Gasteiger partial charge in [-0.25, -0.2) is 0 Å². The molecule has 1 atom stereocenters. The Labute approximate surface area is 208 Å². The number of ether oxygens (including phenoxy) is 1. The molecule has 8 heteroatoms. The minimum atomic E-state index is -0.120. The summed E-state index contributed by atoms with van der Waals surface area (Å²) < 4.78 is 7.32. The maximum atomic E-state index is 12.9. The van der Waals surface area contributed by atoms with Gasteiger partial charge in [-0.3, -0.25) is 14.2 Å². The van der Waals surface area contributed by atoms with Crippen LogP contribution in [0, 0.1) is 0 Å². The van der Waals surface area contributed by atoms with E-state index in [4.69, 9.17) is 4.74 Å². The van der Waals surface area contributed by atoms with Gasteiger partial charge in [0.2, 0.25) is 5.91 Å². The quantitative estimate of drug-likeness (QED) is 0.261. The van der Waals surface area contributed by atoms with E-state index in [1.165, 1.54) is 18.7 Å². The van der Waals surface area contributed by atoms with Crippen molar-refractivity contribution in [2.45, 2.75) is 25.0 Å². The maximum Gasteiger partial charge on any atom is 0.217 e. The molecule has 7 nitrogen and oxygen atoms in total. The minimum absolute atomic E-state index is 0.0146. The Morgan fingerprint density at radius 3 is 2.43 bits per heavy atom. The van der Waals surface area contributed by atoms with Crippen LogP contribution in [0.4, 0.5) is 0 Å². The van der Waals surface area contributed by atoms with Crippen molar-refractivity contribution in [3.05, 3.63) is 90.0 Å². The van der Waals surface area contributed by atoms with Gasteiger partial charge in [0.05, 0.1) is 18.9 Å². The Balaban J connectivity index is 1.56. The van der Waals surface area contributed by atoms with Crippen LogP contribution in [0.2, 0.25) is 0 Å². The van der Waals surface area contributed by atoms with Crippen LogP contribution in [0.15, 0.2) is 84.0 Å². The first-order chi connectivity index (χ1) is 17.0. The number of carbonyl (C=O) groups is 2. The van der Waals surface area contributed by atoms with E-state index in [1.807, 2.05) is 78.2 Å². The van der Waals surface area contributed by atoms with Crippen molar-refractivity contribution in [1.29, 1.82) is 0 Å². The first-order valence-corrected chi connectivity index (χ1v) is 12.1. The molecule has 1 amide bonds. The fourth-order valence-corrected chi connectivity index (χ4v) is 4.53. The van der Waals surface area contributed by atoms with Crippen LogP contribution in [-0.2, 0) is 4.79 Å². The van der Waals surface area contributed by atoms with E-state index in [2.05, 4.69) is 15.5 Å². The van der Waals surface area contributed by atoms with Crippen LogP contribution in [-0.4, -0.2) is 39.3 Å². The van der Waals surface area contributed by atoms with Gasteiger partial charge in [0, 0.05) is 23.7 Å². The molecule has 1 aromatic heterocycles. The SMILES string of the molecule is COc1cccc(-c2nnc(SCC(=O)c3ccc(C(C)NC(C)=O)cc3)n2-c2ccccc2)c1. The summed E-state index contributed by atoms with van der Waals surface area (Å²) in [5.74, 6) is 1.50. The summed E-state index contributed by atoms with van der Waals surface area (Å²) in [6.07, 6.45) is 0. The predicted molar refractivity (Wildman–Crippen MR) is 137 cm³/mol. The lowest BCUT2D eigenvalue weighted by atomic mass is 10.0. The van der Waals surface area contributed by atoms with Crippen LogP contribution in [0.5, 0.6) is 5.75 Å². The lowest BCUT2D eigenvalue weighted by molar-refractivity contribution is -0.119. The smallest absolute Gasteiger partial charge is 0.217 e. The molecule has 0 bridgehead atoms. The van der Waals surface area contributed by atoms with Crippen molar-refractivity contribution in [1.82, 2.24) is 20.1 Å². The highest BCUT2D eigenvalue weighted by molar-refractivity contribution is 7.99. The van der Waals surface area contributed by atoms with Crippen molar-refractivity contribution in [3.63, 3.8) is 0 Å². The van der Waals surface area contributed by atoms with Crippen molar-refractivity contribution in [2.75, 3.05) is 12.9 Å². The molecule has 3 aromatic carbocycles. The summed E-state index contributed by atoms with van der Waals surface area (Å²) in [7, 11) is 1.63. The fourth-order valence-electron chi connectivity index (χ4n) is 3.68. The molecule has 178 valence electrons. The zero-order chi connectivity index (χ0) is 24.8. The Bertz CT molecular complexity index is 1320. The minimum Gasteiger partial charge on any atom is -0.497 e.